The van der Waals surface area contributed by atoms with E-state index in [0.717, 1.165) is 5.39 Å². The van der Waals surface area contributed by atoms with Gasteiger partial charge >= 0.3 is 0 Å². The number of nitrogens with zero attached hydrogens (tertiary/aromatic N) is 5. The second-order valence-corrected chi connectivity index (χ2v) is 6.41. The number of carbonyl (C=O) groups excluding carboxylic acids is 1. The lowest BCUT2D eigenvalue weighted by atomic mass is 9.87. The van der Waals surface area contributed by atoms with Gasteiger partial charge in [-0.3, -0.25) is 4.79 Å². The van der Waals surface area contributed by atoms with Crippen molar-refractivity contribution in [1.82, 2.24) is 19.7 Å². The first-order valence-corrected chi connectivity index (χ1v) is 7.90. The number of nitriles is 1. The normalized spacial score (nSPS) is 15.2. The summed E-state index contributed by atoms with van der Waals surface area (Å²) in [4.78, 5) is 20.7. The quantitative estimate of drug-likeness (QED) is 0.727. The summed E-state index contributed by atoms with van der Waals surface area (Å²) in [6.07, 6.45) is 3.10. The lowest BCUT2D eigenvalue weighted by molar-refractivity contribution is -0.151. The number of nitrogens with one attached hydrogen (secondary N) is 1. The Morgan fingerprint density at radius 1 is 1.42 bits per heavy atom. The second-order valence-electron chi connectivity index (χ2n) is 6.41. The SMILES string of the molecule is CC1(C(=O)Nc2cnc(N)nc2-n2ncc3ccc(C#N)cc32)COC1. The first-order valence-electron chi connectivity index (χ1n) is 7.90. The van der Waals surface area contributed by atoms with Crippen molar-refractivity contribution in [2.45, 2.75) is 6.92 Å². The van der Waals surface area contributed by atoms with Crippen LogP contribution in [0, 0.1) is 16.7 Å². The minimum atomic E-state index is -0.585. The molecule has 26 heavy (non-hydrogen) atoms. The third kappa shape index (κ3) is 2.53. The molecule has 1 aliphatic heterocycles. The number of rotatable bonds is 3. The van der Waals surface area contributed by atoms with Crippen LogP contribution in [0.4, 0.5) is 11.6 Å². The molecule has 1 saturated heterocycles. The molecule has 3 N–H and O–H groups in total. The highest BCUT2D eigenvalue weighted by molar-refractivity contribution is 5.97. The van der Waals surface area contributed by atoms with E-state index in [1.54, 1.807) is 24.4 Å². The van der Waals surface area contributed by atoms with Crippen molar-refractivity contribution in [1.29, 1.82) is 5.26 Å². The van der Waals surface area contributed by atoms with Crippen molar-refractivity contribution in [3.8, 4) is 11.9 Å². The molecule has 9 nitrogen and oxygen atoms in total. The number of nitrogens with two attached hydrogens (primary N) is 1. The standard InChI is InChI=1S/C17H15N7O2/c1-17(8-26-9-17)15(25)22-12-7-20-16(19)23-14(12)24-13-4-10(5-18)2-3-11(13)6-21-24/h2-4,6-7H,8-9H2,1H3,(H,22,25)(H2,19,20,23). The molecule has 1 aliphatic rings. The Labute approximate surface area is 148 Å². The summed E-state index contributed by atoms with van der Waals surface area (Å²) in [5, 5.41) is 17.1. The number of benzene rings is 1. The number of nitrogen functional groups attached to an aromatic ring is 1. The highest BCUT2D eigenvalue weighted by Gasteiger charge is 2.41. The zero-order valence-electron chi connectivity index (χ0n) is 13.9. The summed E-state index contributed by atoms with van der Waals surface area (Å²) in [6.45, 7) is 2.55. The maximum Gasteiger partial charge on any atom is 0.235 e. The zero-order valence-corrected chi connectivity index (χ0v) is 13.9. The Kier molecular flexibility index (Phi) is 3.56. The molecule has 0 unspecified atom stereocenters. The lowest BCUT2D eigenvalue weighted by Crippen LogP contribution is -2.49. The van der Waals surface area contributed by atoms with Gasteiger partial charge in [-0.05, 0) is 25.1 Å². The third-order valence-corrected chi connectivity index (χ3v) is 4.33. The van der Waals surface area contributed by atoms with Crippen LogP contribution in [0.2, 0.25) is 0 Å². The first-order chi connectivity index (χ1) is 12.5. The van der Waals surface area contributed by atoms with Crippen LogP contribution in [-0.4, -0.2) is 38.9 Å². The molecule has 0 bridgehead atoms. The van der Waals surface area contributed by atoms with Crippen molar-refractivity contribution in [2.75, 3.05) is 24.3 Å². The summed E-state index contributed by atoms with van der Waals surface area (Å²) in [6, 6.07) is 7.31. The fourth-order valence-electron chi connectivity index (χ4n) is 2.70. The van der Waals surface area contributed by atoms with Crippen LogP contribution in [-0.2, 0) is 9.53 Å². The maximum absolute atomic E-state index is 12.5. The summed E-state index contributed by atoms with van der Waals surface area (Å²) in [5.74, 6) is 0.198. The van der Waals surface area contributed by atoms with Gasteiger partial charge in [-0.1, -0.05) is 0 Å². The number of hydrogen-bond acceptors (Lipinski definition) is 7. The zero-order chi connectivity index (χ0) is 18.3. The maximum atomic E-state index is 12.5. The Morgan fingerprint density at radius 3 is 2.92 bits per heavy atom. The van der Waals surface area contributed by atoms with Crippen LogP contribution < -0.4 is 11.1 Å². The molecule has 0 radical (unpaired) electrons. The average Bonchev–Trinajstić information content (AvgIpc) is 3.03. The van der Waals surface area contributed by atoms with E-state index in [4.69, 9.17) is 15.7 Å². The van der Waals surface area contributed by atoms with Gasteiger partial charge in [0.2, 0.25) is 11.9 Å². The van der Waals surface area contributed by atoms with Crippen molar-refractivity contribution in [2.24, 2.45) is 5.41 Å². The van der Waals surface area contributed by atoms with Crippen molar-refractivity contribution >= 4 is 28.4 Å². The number of amides is 1. The first kappa shape index (κ1) is 16.0. The molecule has 1 fully saturated rings. The van der Waals surface area contributed by atoms with Crippen LogP contribution in [0.3, 0.4) is 0 Å². The van der Waals surface area contributed by atoms with E-state index in [1.165, 1.54) is 10.9 Å². The molecule has 3 aromatic rings. The van der Waals surface area contributed by atoms with Crippen molar-refractivity contribution in [3.63, 3.8) is 0 Å². The number of aromatic nitrogens is 4. The molecule has 1 amide bonds. The third-order valence-electron chi connectivity index (χ3n) is 4.33. The Balaban J connectivity index is 1.80. The highest BCUT2D eigenvalue weighted by atomic mass is 16.5. The van der Waals surface area contributed by atoms with Gasteiger partial charge in [0.1, 0.15) is 5.69 Å². The number of ether oxygens (including phenoxy) is 1. The monoisotopic (exact) mass is 349 g/mol. The van der Waals surface area contributed by atoms with Crippen LogP contribution in [0.1, 0.15) is 12.5 Å². The van der Waals surface area contributed by atoms with Crippen LogP contribution >= 0.6 is 0 Å². The van der Waals surface area contributed by atoms with Gasteiger partial charge in [0.25, 0.3) is 0 Å². The molecule has 130 valence electrons. The van der Waals surface area contributed by atoms with Gasteiger partial charge in [-0.25, -0.2) is 9.67 Å². The van der Waals surface area contributed by atoms with E-state index in [2.05, 4.69) is 26.5 Å². The molecule has 2 aromatic heterocycles. The van der Waals surface area contributed by atoms with Crippen LogP contribution in [0.15, 0.2) is 30.6 Å². The van der Waals surface area contributed by atoms with Gasteiger partial charge in [0.05, 0.1) is 48.2 Å². The number of fused-ring (bicyclic) bond motifs is 1. The average molecular weight is 349 g/mol. The predicted octanol–water partition coefficient (Wildman–Crippen LogP) is 1.24. The number of carbonyl (C=O) groups is 1. The van der Waals surface area contributed by atoms with Crippen molar-refractivity contribution < 1.29 is 9.53 Å². The Hall–Kier alpha value is -3.51. The molecule has 1 aromatic carbocycles. The van der Waals surface area contributed by atoms with Gasteiger partial charge in [0.15, 0.2) is 5.82 Å². The minimum absolute atomic E-state index is 0.0521. The topological polar surface area (TPSA) is 132 Å². The van der Waals surface area contributed by atoms with E-state index < -0.39 is 5.41 Å². The van der Waals surface area contributed by atoms with Gasteiger partial charge in [-0.15, -0.1) is 0 Å². The predicted molar refractivity (Wildman–Crippen MR) is 93.3 cm³/mol. The lowest BCUT2D eigenvalue weighted by Gasteiger charge is -2.36. The van der Waals surface area contributed by atoms with E-state index >= 15 is 0 Å². The van der Waals surface area contributed by atoms with Gasteiger partial charge in [-0.2, -0.15) is 15.3 Å². The highest BCUT2D eigenvalue weighted by Crippen LogP contribution is 2.30. The molecule has 3 heterocycles. The summed E-state index contributed by atoms with van der Waals surface area (Å²) in [7, 11) is 0. The van der Waals surface area contributed by atoms with Gasteiger partial charge < -0.3 is 15.8 Å². The summed E-state index contributed by atoms with van der Waals surface area (Å²) in [5.41, 5.74) is 6.70. The largest absolute Gasteiger partial charge is 0.379 e. The number of anilines is 2. The molecule has 0 saturated carbocycles. The molecule has 0 aliphatic carbocycles. The van der Waals surface area contributed by atoms with E-state index in [9.17, 15) is 4.79 Å². The fraction of sp³-hybridized carbons (Fsp3) is 0.235. The minimum Gasteiger partial charge on any atom is -0.379 e. The van der Waals surface area contributed by atoms with Gasteiger partial charge in [0, 0.05) is 5.39 Å². The Bertz CT molecular complexity index is 1060. The smallest absolute Gasteiger partial charge is 0.235 e. The molecule has 9 heteroatoms. The van der Waals surface area contributed by atoms with E-state index in [1.807, 2.05) is 6.92 Å². The fourth-order valence-corrected chi connectivity index (χ4v) is 2.70. The molecule has 0 atom stereocenters. The van der Waals surface area contributed by atoms with Crippen LogP contribution in [0.5, 0.6) is 0 Å². The Morgan fingerprint density at radius 2 is 2.23 bits per heavy atom. The molecule has 4 rings (SSSR count). The molecule has 0 spiro atoms. The summed E-state index contributed by atoms with van der Waals surface area (Å²) >= 11 is 0. The number of hydrogen-bond donors (Lipinski definition) is 2. The molecular formula is C17H15N7O2. The van der Waals surface area contributed by atoms with E-state index in [-0.39, 0.29) is 11.9 Å². The van der Waals surface area contributed by atoms with E-state index in [0.29, 0.717) is 35.8 Å². The van der Waals surface area contributed by atoms with Crippen LogP contribution in [0.25, 0.3) is 16.7 Å². The second kappa shape index (κ2) is 5.79. The molecular weight excluding hydrogens is 334 g/mol. The van der Waals surface area contributed by atoms with Crippen molar-refractivity contribution in [3.05, 3.63) is 36.2 Å². The summed E-state index contributed by atoms with van der Waals surface area (Å²) < 4.78 is 6.67.